The maximum absolute atomic E-state index is 3.86. The van der Waals surface area contributed by atoms with Crippen LogP contribution in [0.4, 0.5) is 0 Å². The average molecular weight is 288 g/mol. The monoisotopic (exact) mass is 288 g/mol. The van der Waals surface area contributed by atoms with E-state index in [1.165, 1.54) is 24.8 Å². The van der Waals surface area contributed by atoms with Crippen molar-refractivity contribution in [2.75, 3.05) is 20.6 Å². The second-order valence-electron chi connectivity index (χ2n) is 6.95. The first-order valence-electron chi connectivity index (χ1n) is 8.50. The first-order chi connectivity index (χ1) is 10.0. The number of benzene rings is 1. The number of nitrogens with one attached hydrogen (secondary N) is 1. The molecule has 1 saturated carbocycles. The zero-order chi connectivity index (χ0) is 15.5. The smallest absolute Gasteiger partial charge is 0.0328 e. The SMILES string of the molecule is CCCNC(C1CC1c1ccccc1)C(C)(CC)N(C)C. The summed E-state index contributed by atoms with van der Waals surface area (Å²) in [4.78, 5) is 2.42. The number of hydrogen-bond acceptors (Lipinski definition) is 2. The molecule has 0 spiro atoms. The summed E-state index contributed by atoms with van der Waals surface area (Å²) in [6.07, 6.45) is 3.71. The van der Waals surface area contributed by atoms with Gasteiger partial charge >= 0.3 is 0 Å². The highest BCUT2D eigenvalue weighted by atomic mass is 15.2. The van der Waals surface area contributed by atoms with E-state index in [9.17, 15) is 0 Å². The van der Waals surface area contributed by atoms with E-state index >= 15 is 0 Å². The summed E-state index contributed by atoms with van der Waals surface area (Å²) in [5, 5.41) is 3.86. The molecular formula is C19H32N2. The Morgan fingerprint density at radius 3 is 2.43 bits per heavy atom. The Labute approximate surface area is 130 Å². The quantitative estimate of drug-likeness (QED) is 0.781. The van der Waals surface area contributed by atoms with E-state index in [1.54, 1.807) is 0 Å². The minimum absolute atomic E-state index is 0.226. The molecule has 0 bridgehead atoms. The van der Waals surface area contributed by atoms with Crippen molar-refractivity contribution in [1.29, 1.82) is 0 Å². The van der Waals surface area contributed by atoms with Crippen LogP contribution in [0.5, 0.6) is 0 Å². The first kappa shape index (κ1) is 16.5. The lowest BCUT2D eigenvalue weighted by atomic mass is 9.83. The van der Waals surface area contributed by atoms with E-state index in [0.29, 0.717) is 6.04 Å². The van der Waals surface area contributed by atoms with Gasteiger partial charge in [0.2, 0.25) is 0 Å². The van der Waals surface area contributed by atoms with E-state index in [-0.39, 0.29) is 5.54 Å². The van der Waals surface area contributed by atoms with Crippen molar-refractivity contribution in [3.05, 3.63) is 35.9 Å². The fourth-order valence-electron chi connectivity index (χ4n) is 3.61. The van der Waals surface area contributed by atoms with Crippen LogP contribution in [-0.4, -0.2) is 37.1 Å². The molecule has 1 aliphatic carbocycles. The molecule has 0 saturated heterocycles. The van der Waals surface area contributed by atoms with Gasteiger partial charge in [0, 0.05) is 11.6 Å². The zero-order valence-electron chi connectivity index (χ0n) is 14.4. The maximum atomic E-state index is 3.86. The molecule has 1 N–H and O–H groups in total. The molecule has 0 aromatic heterocycles. The molecule has 0 heterocycles. The van der Waals surface area contributed by atoms with Gasteiger partial charge < -0.3 is 10.2 Å². The van der Waals surface area contributed by atoms with E-state index < -0.39 is 0 Å². The predicted octanol–water partition coefficient (Wildman–Crippen LogP) is 3.89. The number of rotatable bonds is 8. The lowest BCUT2D eigenvalue weighted by molar-refractivity contribution is 0.100. The molecule has 1 aliphatic rings. The van der Waals surface area contributed by atoms with Crippen LogP contribution in [0.3, 0.4) is 0 Å². The lowest BCUT2D eigenvalue weighted by Crippen LogP contribution is -2.58. The van der Waals surface area contributed by atoms with Gasteiger partial charge in [-0.3, -0.25) is 0 Å². The third-order valence-electron chi connectivity index (χ3n) is 5.52. The normalized spacial score (nSPS) is 25.6. The molecule has 2 heteroatoms. The van der Waals surface area contributed by atoms with Gasteiger partial charge in [0.15, 0.2) is 0 Å². The zero-order valence-corrected chi connectivity index (χ0v) is 14.4. The van der Waals surface area contributed by atoms with Gasteiger partial charge in [0.25, 0.3) is 0 Å². The van der Waals surface area contributed by atoms with Gasteiger partial charge in [0.05, 0.1) is 0 Å². The second-order valence-corrected chi connectivity index (χ2v) is 6.95. The Bertz CT molecular complexity index is 428. The molecule has 2 nitrogen and oxygen atoms in total. The minimum Gasteiger partial charge on any atom is -0.312 e. The van der Waals surface area contributed by atoms with Gasteiger partial charge in [-0.1, -0.05) is 44.2 Å². The molecule has 1 fully saturated rings. The van der Waals surface area contributed by atoms with E-state index in [1.807, 2.05) is 0 Å². The molecule has 4 atom stereocenters. The van der Waals surface area contributed by atoms with Gasteiger partial charge in [0.1, 0.15) is 0 Å². The largest absolute Gasteiger partial charge is 0.312 e. The number of nitrogens with zero attached hydrogens (tertiary/aromatic N) is 1. The van der Waals surface area contributed by atoms with Crippen LogP contribution in [0, 0.1) is 5.92 Å². The lowest BCUT2D eigenvalue weighted by Gasteiger charge is -2.44. The van der Waals surface area contributed by atoms with Crippen molar-refractivity contribution < 1.29 is 0 Å². The van der Waals surface area contributed by atoms with Gasteiger partial charge in [-0.05, 0) is 64.2 Å². The number of likely N-dealkylation sites (N-methyl/N-ethyl adjacent to an activating group) is 1. The molecule has 4 unspecified atom stereocenters. The molecule has 0 amide bonds. The topological polar surface area (TPSA) is 15.3 Å². The summed E-state index contributed by atoms with van der Waals surface area (Å²) in [5.74, 6) is 1.51. The molecule has 0 aliphatic heterocycles. The third-order valence-corrected chi connectivity index (χ3v) is 5.52. The Hall–Kier alpha value is -0.860. The highest BCUT2D eigenvalue weighted by Gasteiger charge is 2.50. The van der Waals surface area contributed by atoms with E-state index in [2.05, 4.69) is 75.4 Å². The molecule has 21 heavy (non-hydrogen) atoms. The third kappa shape index (κ3) is 3.49. The minimum atomic E-state index is 0.226. The van der Waals surface area contributed by atoms with Crippen LogP contribution >= 0.6 is 0 Å². The Morgan fingerprint density at radius 1 is 1.24 bits per heavy atom. The molecule has 118 valence electrons. The van der Waals surface area contributed by atoms with Crippen molar-refractivity contribution in [2.24, 2.45) is 5.92 Å². The fourth-order valence-corrected chi connectivity index (χ4v) is 3.61. The Kier molecular flexibility index (Phi) is 5.45. The summed E-state index contributed by atoms with van der Waals surface area (Å²) in [6.45, 7) is 8.11. The van der Waals surface area contributed by atoms with Crippen molar-refractivity contribution in [2.45, 2.75) is 57.5 Å². The average Bonchev–Trinajstić information content (AvgIpc) is 3.28. The summed E-state index contributed by atoms with van der Waals surface area (Å²) < 4.78 is 0. The maximum Gasteiger partial charge on any atom is 0.0328 e. The van der Waals surface area contributed by atoms with E-state index in [4.69, 9.17) is 0 Å². The summed E-state index contributed by atoms with van der Waals surface area (Å²) in [6, 6.07) is 11.6. The van der Waals surface area contributed by atoms with Crippen molar-refractivity contribution in [1.82, 2.24) is 10.2 Å². The standard InChI is InChI=1S/C19H32N2/c1-6-13-20-18(19(3,7-2)21(4)5)17-14-16(17)15-11-9-8-10-12-15/h8-12,16-18,20H,6-7,13-14H2,1-5H3. The molecule has 1 aromatic carbocycles. The van der Waals surface area contributed by atoms with Gasteiger partial charge in [-0.15, -0.1) is 0 Å². The molecule has 1 aromatic rings. The van der Waals surface area contributed by atoms with Crippen LogP contribution in [0.1, 0.15) is 51.5 Å². The Balaban J connectivity index is 2.15. The predicted molar refractivity (Wildman–Crippen MR) is 91.8 cm³/mol. The highest BCUT2D eigenvalue weighted by molar-refractivity contribution is 5.28. The second kappa shape index (κ2) is 6.93. The van der Waals surface area contributed by atoms with Crippen LogP contribution in [0.15, 0.2) is 30.3 Å². The first-order valence-corrected chi connectivity index (χ1v) is 8.50. The van der Waals surface area contributed by atoms with Gasteiger partial charge in [-0.25, -0.2) is 0 Å². The van der Waals surface area contributed by atoms with Crippen molar-refractivity contribution >= 4 is 0 Å². The Morgan fingerprint density at radius 2 is 1.90 bits per heavy atom. The summed E-state index contributed by atoms with van der Waals surface area (Å²) >= 11 is 0. The van der Waals surface area contributed by atoms with Crippen LogP contribution in [0.2, 0.25) is 0 Å². The molecule has 2 rings (SSSR count). The molecular weight excluding hydrogens is 256 g/mol. The van der Waals surface area contributed by atoms with Crippen LogP contribution in [0.25, 0.3) is 0 Å². The summed E-state index contributed by atoms with van der Waals surface area (Å²) in [5.41, 5.74) is 1.74. The summed E-state index contributed by atoms with van der Waals surface area (Å²) in [7, 11) is 4.45. The van der Waals surface area contributed by atoms with Gasteiger partial charge in [-0.2, -0.15) is 0 Å². The van der Waals surface area contributed by atoms with Crippen LogP contribution < -0.4 is 5.32 Å². The highest BCUT2D eigenvalue weighted by Crippen LogP contribution is 2.52. The van der Waals surface area contributed by atoms with Crippen molar-refractivity contribution in [3.8, 4) is 0 Å². The van der Waals surface area contributed by atoms with E-state index in [0.717, 1.165) is 18.4 Å². The van der Waals surface area contributed by atoms with Crippen molar-refractivity contribution in [3.63, 3.8) is 0 Å². The fraction of sp³-hybridized carbons (Fsp3) is 0.684. The molecule has 0 radical (unpaired) electrons. The van der Waals surface area contributed by atoms with Crippen LogP contribution in [-0.2, 0) is 0 Å². The number of hydrogen-bond donors (Lipinski definition) is 1.